The zero-order valence-corrected chi connectivity index (χ0v) is 12.2. The van der Waals surface area contributed by atoms with Crippen molar-refractivity contribution < 1.29 is 9.90 Å². The Morgan fingerprint density at radius 2 is 2.05 bits per heavy atom. The molecule has 0 saturated heterocycles. The monoisotopic (exact) mass is 296 g/mol. The summed E-state index contributed by atoms with van der Waals surface area (Å²) in [5, 5.41) is 15.6. The lowest BCUT2D eigenvalue weighted by Crippen LogP contribution is -2.40. The Hall–Kier alpha value is -1.26. The van der Waals surface area contributed by atoms with E-state index in [4.69, 9.17) is 11.6 Å². The third kappa shape index (κ3) is 4.39. The summed E-state index contributed by atoms with van der Waals surface area (Å²) in [5.41, 5.74) is 0.839. The summed E-state index contributed by atoms with van der Waals surface area (Å²) in [6.45, 7) is 0.549. The van der Waals surface area contributed by atoms with Gasteiger partial charge in [0.05, 0.1) is 12.6 Å². The summed E-state index contributed by atoms with van der Waals surface area (Å²) in [6, 6.07) is 6.45. The largest absolute Gasteiger partial charge is 0.394 e. The van der Waals surface area contributed by atoms with E-state index in [0.717, 1.165) is 17.9 Å². The van der Waals surface area contributed by atoms with Gasteiger partial charge in [0.1, 0.15) is 0 Å². The molecule has 2 rings (SSSR count). The molecule has 0 heterocycles. The van der Waals surface area contributed by atoms with Gasteiger partial charge in [0.15, 0.2) is 0 Å². The Balaban J connectivity index is 1.76. The lowest BCUT2D eigenvalue weighted by molar-refractivity contribution is 0.215. The average molecular weight is 297 g/mol. The van der Waals surface area contributed by atoms with Crippen molar-refractivity contribution in [2.45, 2.75) is 31.7 Å². The fourth-order valence-electron chi connectivity index (χ4n) is 2.31. The van der Waals surface area contributed by atoms with Crippen LogP contribution in [0.2, 0.25) is 5.02 Å². The second-order valence-electron chi connectivity index (χ2n) is 5.27. The molecular weight excluding hydrogens is 276 g/mol. The second-order valence-corrected chi connectivity index (χ2v) is 5.71. The molecule has 1 aliphatic rings. The molecule has 1 atom stereocenters. The molecule has 5 heteroatoms. The molecule has 1 fully saturated rings. The first kappa shape index (κ1) is 15.1. The van der Waals surface area contributed by atoms with Crippen LogP contribution in [0.4, 0.5) is 4.79 Å². The van der Waals surface area contributed by atoms with E-state index in [9.17, 15) is 9.90 Å². The molecule has 3 N–H and O–H groups in total. The smallest absolute Gasteiger partial charge is 0.315 e. The zero-order valence-electron chi connectivity index (χ0n) is 11.4. The fraction of sp³-hybridized carbons (Fsp3) is 0.533. The van der Waals surface area contributed by atoms with E-state index in [0.29, 0.717) is 11.6 Å². The van der Waals surface area contributed by atoms with Crippen LogP contribution in [0, 0.1) is 5.92 Å². The summed E-state index contributed by atoms with van der Waals surface area (Å²) < 4.78 is 0. The van der Waals surface area contributed by atoms with Gasteiger partial charge in [-0.2, -0.15) is 0 Å². The molecule has 0 spiro atoms. The molecular formula is C15H21ClN2O2. The summed E-state index contributed by atoms with van der Waals surface area (Å²) in [4.78, 5) is 11.8. The van der Waals surface area contributed by atoms with Gasteiger partial charge in [-0.1, -0.05) is 43.0 Å². The SMILES string of the molecule is O=C(NCCC1CCC1)NC(CO)c1ccc(Cl)cc1. The number of amides is 2. The number of aliphatic hydroxyl groups is 1. The minimum absolute atomic E-state index is 0.141. The van der Waals surface area contributed by atoms with Crippen molar-refractivity contribution in [3.05, 3.63) is 34.9 Å². The van der Waals surface area contributed by atoms with Crippen LogP contribution < -0.4 is 10.6 Å². The third-order valence-corrected chi connectivity index (χ3v) is 4.08. The molecule has 1 unspecified atom stereocenters. The molecule has 110 valence electrons. The van der Waals surface area contributed by atoms with E-state index < -0.39 is 6.04 Å². The Morgan fingerprint density at radius 1 is 1.35 bits per heavy atom. The van der Waals surface area contributed by atoms with Crippen LogP contribution in [-0.4, -0.2) is 24.3 Å². The van der Waals surface area contributed by atoms with Crippen molar-refractivity contribution in [3.8, 4) is 0 Å². The first-order valence-corrected chi connectivity index (χ1v) is 7.47. The summed E-state index contributed by atoms with van der Waals surface area (Å²) >= 11 is 5.82. The number of carbonyl (C=O) groups excluding carboxylic acids is 1. The van der Waals surface area contributed by atoms with E-state index in [-0.39, 0.29) is 12.6 Å². The highest BCUT2D eigenvalue weighted by molar-refractivity contribution is 6.30. The number of nitrogens with one attached hydrogen (secondary N) is 2. The zero-order chi connectivity index (χ0) is 14.4. The van der Waals surface area contributed by atoms with E-state index in [1.165, 1.54) is 19.3 Å². The first-order chi connectivity index (χ1) is 9.69. The predicted octanol–water partition coefficient (Wildman–Crippen LogP) is 2.86. The normalized spacial score (nSPS) is 16.3. The summed E-state index contributed by atoms with van der Waals surface area (Å²) in [5.74, 6) is 0.778. The molecule has 0 aliphatic heterocycles. The Kier molecular flexibility index (Phi) is 5.68. The summed E-state index contributed by atoms with van der Waals surface area (Å²) in [6.07, 6.45) is 4.93. The molecule has 20 heavy (non-hydrogen) atoms. The van der Waals surface area contributed by atoms with Gasteiger partial charge < -0.3 is 15.7 Å². The van der Waals surface area contributed by atoms with Crippen LogP contribution in [0.1, 0.15) is 37.3 Å². The highest BCUT2D eigenvalue weighted by Crippen LogP contribution is 2.28. The van der Waals surface area contributed by atoms with Gasteiger partial charge in [-0.05, 0) is 30.0 Å². The number of hydrogen-bond acceptors (Lipinski definition) is 2. The van der Waals surface area contributed by atoms with Gasteiger partial charge in [-0.3, -0.25) is 0 Å². The van der Waals surface area contributed by atoms with Gasteiger partial charge in [0, 0.05) is 11.6 Å². The van der Waals surface area contributed by atoms with Crippen molar-refractivity contribution in [2.75, 3.05) is 13.2 Å². The Labute approximate surface area is 124 Å². The highest BCUT2D eigenvalue weighted by Gasteiger charge is 2.17. The van der Waals surface area contributed by atoms with Crippen molar-refractivity contribution in [1.82, 2.24) is 10.6 Å². The molecule has 4 nitrogen and oxygen atoms in total. The molecule has 1 aromatic rings. The minimum atomic E-state index is -0.407. The number of benzene rings is 1. The topological polar surface area (TPSA) is 61.4 Å². The first-order valence-electron chi connectivity index (χ1n) is 7.09. The maximum absolute atomic E-state index is 11.8. The molecule has 0 radical (unpaired) electrons. The number of aliphatic hydroxyl groups excluding tert-OH is 1. The number of carbonyl (C=O) groups is 1. The maximum atomic E-state index is 11.8. The molecule has 1 aliphatic carbocycles. The number of urea groups is 1. The predicted molar refractivity (Wildman–Crippen MR) is 79.8 cm³/mol. The van der Waals surface area contributed by atoms with Gasteiger partial charge in [-0.25, -0.2) is 4.79 Å². The lowest BCUT2D eigenvalue weighted by Gasteiger charge is -2.25. The average Bonchev–Trinajstić information content (AvgIpc) is 2.40. The van der Waals surface area contributed by atoms with Crippen LogP contribution in [0.5, 0.6) is 0 Å². The summed E-state index contributed by atoms with van der Waals surface area (Å²) in [7, 11) is 0. The van der Waals surface area contributed by atoms with Crippen LogP contribution in [0.3, 0.4) is 0 Å². The Bertz CT molecular complexity index is 432. The third-order valence-electron chi connectivity index (χ3n) is 3.82. The van der Waals surface area contributed by atoms with E-state index in [1.54, 1.807) is 24.3 Å². The molecule has 2 amide bonds. The highest BCUT2D eigenvalue weighted by atomic mass is 35.5. The second kappa shape index (κ2) is 7.50. The number of halogens is 1. The van der Waals surface area contributed by atoms with E-state index in [1.807, 2.05) is 0 Å². The standard InChI is InChI=1S/C15H21ClN2O2/c16-13-6-4-12(5-7-13)14(10-19)18-15(20)17-9-8-11-2-1-3-11/h4-7,11,14,19H,1-3,8-10H2,(H2,17,18,20). The van der Waals surface area contributed by atoms with Gasteiger partial charge in [0.25, 0.3) is 0 Å². The van der Waals surface area contributed by atoms with Crippen LogP contribution >= 0.6 is 11.6 Å². The fourth-order valence-corrected chi connectivity index (χ4v) is 2.44. The minimum Gasteiger partial charge on any atom is -0.394 e. The van der Waals surface area contributed by atoms with Crippen molar-refractivity contribution >= 4 is 17.6 Å². The van der Waals surface area contributed by atoms with Gasteiger partial charge >= 0.3 is 6.03 Å². The lowest BCUT2D eigenvalue weighted by atomic mass is 9.83. The molecule has 1 saturated carbocycles. The van der Waals surface area contributed by atoms with E-state index in [2.05, 4.69) is 10.6 Å². The van der Waals surface area contributed by atoms with Crippen molar-refractivity contribution in [1.29, 1.82) is 0 Å². The van der Waals surface area contributed by atoms with Crippen molar-refractivity contribution in [2.24, 2.45) is 5.92 Å². The van der Waals surface area contributed by atoms with Crippen molar-refractivity contribution in [3.63, 3.8) is 0 Å². The van der Waals surface area contributed by atoms with Crippen LogP contribution in [0.15, 0.2) is 24.3 Å². The van der Waals surface area contributed by atoms with E-state index >= 15 is 0 Å². The maximum Gasteiger partial charge on any atom is 0.315 e. The number of rotatable bonds is 6. The quantitative estimate of drug-likeness (QED) is 0.756. The van der Waals surface area contributed by atoms with Gasteiger partial charge in [0.2, 0.25) is 0 Å². The molecule has 0 aromatic heterocycles. The number of hydrogen-bond donors (Lipinski definition) is 3. The van der Waals surface area contributed by atoms with Crippen LogP contribution in [0.25, 0.3) is 0 Å². The molecule has 0 bridgehead atoms. The Morgan fingerprint density at radius 3 is 2.60 bits per heavy atom. The molecule has 1 aromatic carbocycles. The van der Waals surface area contributed by atoms with Crippen LogP contribution in [-0.2, 0) is 0 Å². The van der Waals surface area contributed by atoms with Gasteiger partial charge in [-0.15, -0.1) is 0 Å².